The van der Waals surface area contributed by atoms with Gasteiger partial charge in [-0.1, -0.05) is 41.1 Å². The van der Waals surface area contributed by atoms with E-state index in [-0.39, 0.29) is 5.91 Å². The van der Waals surface area contributed by atoms with Crippen LogP contribution in [0.3, 0.4) is 0 Å². The van der Waals surface area contributed by atoms with Crippen molar-refractivity contribution < 1.29 is 9.47 Å². The molecule has 1 amide bonds. The molecule has 0 unspecified atom stereocenters. The summed E-state index contributed by atoms with van der Waals surface area (Å²) in [6.45, 7) is 0. The van der Waals surface area contributed by atoms with Gasteiger partial charge in [-0.3, -0.25) is 4.79 Å². The first-order valence-corrected chi connectivity index (χ1v) is 7.17. The molecule has 0 aliphatic carbocycles. The van der Waals surface area contributed by atoms with Crippen LogP contribution in [0.1, 0.15) is 10.4 Å². The summed E-state index contributed by atoms with van der Waals surface area (Å²) in [4.78, 5) is 12.6. The molecule has 22 heavy (non-hydrogen) atoms. The predicted molar refractivity (Wildman–Crippen MR) is 87.0 cm³/mol. The van der Waals surface area contributed by atoms with E-state index in [4.69, 9.17) is 0 Å². The van der Waals surface area contributed by atoms with E-state index in [0.29, 0.717) is 5.56 Å². The lowest BCUT2D eigenvalue weighted by molar-refractivity contribution is -0.668. The van der Waals surface area contributed by atoms with Gasteiger partial charge >= 0.3 is 5.91 Å². The molecule has 1 heterocycles. The largest absolute Gasteiger partial charge is 0.308 e. The van der Waals surface area contributed by atoms with Crippen LogP contribution in [0.2, 0.25) is 0 Å². The second kappa shape index (κ2) is 6.22. The Morgan fingerprint density at radius 3 is 2.09 bits per heavy atom. The van der Waals surface area contributed by atoms with Crippen LogP contribution >= 0.6 is 0 Å². The topological polar surface area (TPSA) is 24.2 Å². The van der Waals surface area contributed by atoms with Crippen LogP contribution in [0.4, 0.5) is 0 Å². The third kappa shape index (κ3) is 2.74. The predicted octanol–water partition coefficient (Wildman–Crippen LogP) is 3.05. The Labute approximate surface area is 130 Å². The maximum absolute atomic E-state index is 12.6. The minimum atomic E-state index is -0.0472. The molecule has 0 aliphatic rings. The molecule has 0 aliphatic heterocycles. The smallest absolute Gasteiger partial charge is 0.263 e. The second-order valence-corrected chi connectivity index (χ2v) is 4.99. The molecule has 3 aromatic rings. The average Bonchev–Trinajstić information content (AvgIpc) is 2.62. The van der Waals surface area contributed by atoms with Crippen molar-refractivity contribution in [2.75, 3.05) is 12.1 Å². The highest BCUT2D eigenvalue weighted by Crippen LogP contribution is 2.14. The number of carbonyl (C=O) groups excluding carboxylic acids is 1. The minimum Gasteiger partial charge on any atom is -0.263 e. The summed E-state index contributed by atoms with van der Waals surface area (Å²) in [5.41, 5.74) is 2.70. The molecule has 0 saturated carbocycles. The second-order valence-electron chi connectivity index (χ2n) is 4.99. The zero-order valence-electron chi connectivity index (χ0n) is 12.4. The summed E-state index contributed by atoms with van der Waals surface area (Å²) in [6.07, 6.45) is 1.89. The molecule has 0 spiro atoms. The summed E-state index contributed by atoms with van der Waals surface area (Å²) in [5.74, 6) is -0.0472. The number of aromatic nitrogens is 1. The first kappa shape index (κ1) is 14.0. The molecule has 0 N–H and O–H groups in total. The fraction of sp³-hybridized carbons (Fsp3) is 0.0526. The lowest BCUT2D eigenvalue weighted by Gasteiger charge is -2.13. The third-order valence-corrected chi connectivity index (χ3v) is 3.55. The molecular weight excluding hydrogens is 272 g/mol. The van der Waals surface area contributed by atoms with Gasteiger partial charge in [0.2, 0.25) is 11.9 Å². The van der Waals surface area contributed by atoms with Crippen LogP contribution in [0, 0.1) is 0 Å². The van der Waals surface area contributed by atoms with Gasteiger partial charge in [0.15, 0.2) is 0 Å². The van der Waals surface area contributed by atoms with Crippen molar-refractivity contribution in [3.8, 4) is 11.3 Å². The van der Waals surface area contributed by atoms with Gasteiger partial charge in [-0.15, -0.1) is 5.01 Å². The molecule has 1 aromatic heterocycles. The molecule has 0 saturated heterocycles. The number of nitrogens with zero attached hydrogens (tertiary/aromatic N) is 2. The van der Waals surface area contributed by atoms with Crippen LogP contribution in [0.25, 0.3) is 11.3 Å². The molecule has 0 fully saturated rings. The van der Waals surface area contributed by atoms with Crippen LogP contribution in [0.15, 0.2) is 85.1 Å². The Balaban J connectivity index is 2.00. The van der Waals surface area contributed by atoms with E-state index in [2.05, 4.69) is 0 Å². The van der Waals surface area contributed by atoms with Crippen molar-refractivity contribution in [2.24, 2.45) is 0 Å². The molecule has 0 bridgehead atoms. The van der Waals surface area contributed by atoms with Crippen LogP contribution in [0.5, 0.6) is 0 Å². The van der Waals surface area contributed by atoms with Crippen LogP contribution in [-0.2, 0) is 0 Å². The molecule has 2 aromatic carbocycles. The van der Waals surface area contributed by atoms with Gasteiger partial charge in [0, 0.05) is 23.3 Å². The van der Waals surface area contributed by atoms with E-state index >= 15 is 0 Å². The number of hydrogen-bond acceptors (Lipinski definition) is 1. The third-order valence-electron chi connectivity index (χ3n) is 3.55. The highest BCUT2D eigenvalue weighted by molar-refractivity contribution is 5.99. The Kier molecular flexibility index (Phi) is 3.97. The quantitative estimate of drug-likeness (QED) is 0.680. The van der Waals surface area contributed by atoms with Crippen molar-refractivity contribution in [1.29, 1.82) is 0 Å². The number of hydrogen-bond donors (Lipinski definition) is 0. The lowest BCUT2D eigenvalue weighted by atomic mass is 10.1. The molecular formula is C19H17N2O+. The molecule has 0 atom stereocenters. The number of amides is 1. The van der Waals surface area contributed by atoms with Gasteiger partial charge in [0.25, 0.3) is 0 Å². The first-order valence-electron chi connectivity index (χ1n) is 7.17. The Morgan fingerprint density at radius 2 is 1.41 bits per heavy atom. The lowest BCUT2D eigenvalue weighted by Crippen LogP contribution is -2.59. The molecule has 3 rings (SSSR count). The Hall–Kier alpha value is -2.94. The minimum absolute atomic E-state index is 0.0472. The van der Waals surface area contributed by atoms with Gasteiger partial charge in [-0.05, 0) is 30.3 Å². The number of pyridine rings is 1. The summed E-state index contributed by atoms with van der Waals surface area (Å²) < 4.78 is 1.87. The fourth-order valence-electron chi connectivity index (χ4n) is 2.40. The summed E-state index contributed by atoms with van der Waals surface area (Å²) in [6, 6.07) is 25.2. The standard InChI is InChI=1S/C19H17N2O/c1-20(19(22)17-12-6-3-7-13-17)21-15-9-8-14-18(21)16-10-4-2-5-11-16/h2-15H,1H3/q+1. The van der Waals surface area contributed by atoms with Crippen LogP contribution in [-0.4, -0.2) is 13.0 Å². The zero-order valence-corrected chi connectivity index (χ0v) is 12.4. The fourth-order valence-corrected chi connectivity index (χ4v) is 2.40. The molecule has 3 heteroatoms. The Morgan fingerprint density at radius 1 is 0.818 bits per heavy atom. The monoisotopic (exact) mass is 289 g/mol. The number of rotatable bonds is 3. The van der Waals surface area contributed by atoms with E-state index in [9.17, 15) is 4.79 Å². The van der Waals surface area contributed by atoms with E-state index in [1.807, 2.05) is 89.7 Å². The maximum Gasteiger partial charge on any atom is 0.308 e. The highest BCUT2D eigenvalue weighted by atomic mass is 16.2. The summed E-state index contributed by atoms with van der Waals surface area (Å²) >= 11 is 0. The summed E-state index contributed by atoms with van der Waals surface area (Å²) in [7, 11) is 1.78. The van der Waals surface area contributed by atoms with Crippen molar-refractivity contribution in [3.63, 3.8) is 0 Å². The first-order chi connectivity index (χ1) is 10.8. The summed E-state index contributed by atoms with van der Waals surface area (Å²) in [5, 5.41) is 1.62. The molecule has 3 nitrogen and oxygen atoms in total. The Bertz CT molecular complexity index is 770. The molecule has 108 valence electrons. The highest BCUT2D eigenvalue weighted by Gasteiger charge is 2.23. The van der Waals surface area contributed by atoms with Gasteiger partial charge in [-0.25, -0.2) is 0 Å². The van der Waals surface area contributed by atoms with Gasteiger partial charge in [-0.2, -0.15) is 0 Å². The van der Waals surface area contributed by atoms with E-state index in [1.165, 1.54) is 0 Å². The normalized spacial score (nSPS) is 10.2. The van der Waals surface area contributed by atoms with Gasteiger partial charge < -0.3 is 0 Å². The van der Waals surface area contributed by atoms with Gasteiger partial charge in [0.05, 0.1) is 7.05 Å². The van der Waals surface area contributed by atoms with E-state index < -0.39 is 0 Å². The van der Waals surface area contributed by atoms with E-state index in [0.717, 1.165) is 11.3 Å². The van der Waals surface area contributed by atoms with Crippen molar-refractivity contribution >= 4 is 5.91 Å². The molecule has 0 radical (unpaired) electrons. The van der Waals surface area contributed by atoms with Gasteiger partial charge in [0.1, 0.15) is 0 Å². The van der Waals surface area contributed by atoms with Crippen molar-refractivity contribution in [2.45, 2.75) is 0 Å². The van der Waals surface area contributed by atoms with Crippen molar-refractivity contribution in [3.05, 3.63) is 90.6 Å². The SMILES string of the molecule is CN(C(=O)c1ccccc1)[n+]1ccccc1-c1ccccc1. The zero-order chi connectivity index (χ0) is 15.4. The number of benzene rings is 2. The van der Waals surface area contributed by atoms with E-state index in [1.54, 1.807) is 12.1 Å². The van der Waals surface area contributed by atoms with Crippen LogP contribution < -0.4 is 9.69 Å². The number of carbonyl (C=O) groups is 1. The maximum atomic E-state index is 12.6. The van der Waals surface area contributed by atoms with Crippen molar-refractivity contribution in [1.82, 2.24) is 0 Å². The average molecular weight is 289 g/mol.